The van der Waals surface area contributed by atoms with Gasteiger partial charge >= 0.3 is 0 Å². The Kier molecular flexibility index (Phi) is 3.62. The van der Waals surface area contributed by atoms with E-state index in [1.807, 2.05) is 0 Å². The van der Waals surface area contributed by atoms with Gasteiger partial charge in [-0.05, 0) is 11.6 Å². The molecule has 0 spiro atoms. The molecule has 1 aromatic carbocycles. The third-order valence-corrected chi connectivity index (χ3v) is 2.06. The number of benzene rings is 1. The van der Waals surface area contributed by atoms with Gasteiger partial charge in [0.05, 0.1) is 12.2 Å². The first-order valence-corrected chi connectivity index (χ1v) is 4.53. The summed E-state index contributed by atoms with van der Waals surface area (Å²) in [6.07, 6.45) is 0. The fraction of sp³-hybridized carbons (Fsp3) is 0.300. The Hall–Kier alpha value is -1.62. The fourth-order valence-electron chi connectivity index (χ4n) is 1.47. The molecule has 0 aromatic heterocycles. The molecule has 0 bridgehead atoms. The SMILES string of the molecule is CN(CC(N)=O)c1c(F)cccc1CN. The van der Waals surface area contributed by atoms with E-state index in [9.17, 15) is 9.18 Å². The average Bonchev–Trinajstić information content (AvgIpc) is 2.15. The lowest BCUT2D eigenvalue weighted by Crippen LogP contribution is -2.32. The first-order chi connectivity index (χ1) is 7.06. The Morgan fingerprint density at radius 3 is 2.73 bits per heavy atom. The number of para-hydroxylation sites is 1. The van der Waals surface area contributed by atoms with Crippen LogP contribution in [0.3, 0.4) is 0 Å². The standard InChI is InChI=1S/C10H14FN3O/c1-14(6-9(13)15)10-7(5-12)3-2-4-8(10)11/h2-4H,5-6,12H2,1H3,(H2,13,15). The minimum atomic E-state index is -0.510. The topological polar surface area (TPSA) is 72.3 Å². The summed E-state index contributed by atoms with van der Waals surface area (Å²) < 4.78 is 13.5. The Morgan fingerprint density at radius 2 is 2.20 bits per heavy atom. The van der Waals surface area contributed by atoms with E-state index < -0.39 is 11.7 Å². The highest BCUT2D eigenvalue weighted by atomic mass is 19.1. The number of nitrogens with zero attached hydrogens (tertiary/aromatic N) is 1. The molecule has 4 nitrogen and oxygen atoms in total. The van der Waals surface area contributed by atoms with Crippen LogP contribution in [0.15, 0.2) is 18.2 Å². The van der Waals surface area contributed by atoms with Crippen molar-refractivity contribution >= 4 is 11.6 Å². The van der Waals surface area contributed by atoms with E-state index in [1.54, 1.807) is 19.2 Å². The van der Waals surface area contributed by atoms with Crippen LogP contribution in [0.25, 0.3) is 0 Å². The van der Waals surface area contributed by atoms with Crippen molar-refractivity contribution in [2.45, 2.75) is 6.54 Å². The summed E-state index contributed by atoms with van der Waals surface area (Å²) in [6, 6.07) is 4.63. The number of anilines is 1. The highest BCUT2D eigenvalue weighted by Gasteiger charge is 2.13. The summed E-state index contributed by atoms with van der Waals surface area (Å²) in [6.45, 7) is 0.185. The number of rotatable bonds is 4. The Labute approximate surface area is 87.7 Å². The van der Waals surface area contributed by atoms with Crippen molar-refractivity contribution in [1.29, 1.82) is 0 Å². The first-order valence-electron chi connectivity index (χ1n) is 4.53. The Bertz CT molecular complexity index is 368. The highest BCUT2D eigenvalue weighted by Crippen LogP contribution is 2.22. The van der Waals surface area contributed by atoms with Crippen LogP contribution in [0.5, 0.6) is 0 Å². The van der Waals surface area contributed by atoms with E-state index >= 15 is 0 Å². The molecule has 0 atom stereocenters. The van der Waals surface area contributed by atoms with E-state index in [2.05, 4.69) is 0 Å². The summed E-state index contributed by atoms with van der Waals surface area (Å²) in [5, 5.41) is 0. The number of carbonyl (C=O) groups is 1. The second-order valence-corrected chi connectivity index (χ2v) is 3.27. The molecule has 0 aliphatic carbocycles. The third kappa shape index (κ3) is 2.66. The van der Waals surface area contributed by atoms with E-state index in [0.717, 1.165) is 0 Å². The minimum Gasteiger partial charge on any atom is -0.368 e. The maximum Gasteiger partial charge on any atom is 0.236 e. The van der Waals surface area contributed by atoms with Crippen LogP contribution >= 0.6 is 0 Å². The number of halogens is 1. The van der Waals surface area contributed by atoms with Crippen LogP contribution in [0.1, 0.15) is 5.56 Å². The maximum atomic E-state index is 13.5. The van der Waals surface area contributed by atoms with Crippen molar-refractivity contribution in [3.8, 4) is 0 Å². The van der Waals surface area contributed by atoms with Gasteiger partial charge in [0, 0.05) is 13.6 Å². The van der Waals surface area contributed by atoms with Crippen molar-refractivity contribution in [3.63, 3.8) is 0 Å². The molecule has 5 heteroatoms. The van der Waals surface area contributed by atoms with Crippen molar-refractivity contribution in [2.75, 3.05) is 18.5 Å². The largest absolute Gasteiger partial charge is 0.368 e. The quantitative estimate of drug-likeness (QED) is 0.747. The number of carbonyl (C=O) groups excluding carboxylic acids is 1. The van der Waals surface area contributed by atoms with E-state index in [-0.39, 0.29) is 13.1 Å². The zero-order valence-corrected chi connectivity index (χ0v) is 8.53. The molecule has 0 saturated carbocycles. The van der Waals surface area contributed by atoms with Gasteiger partial charge in [-0.15, -0.1) is 0 Å². The number of nitrogens with two attached hydrogens (primary N) is 2. The molecule has 0 saturated heterocycles. The number of primary amides is 1. The van der Waals surface area contributed by atoms with Crippen LogP contribution in [-0.4, -0.2) is 19.5 Å². The minimum absolute atomic E-state index is 0.0338. The Balaban J connectivity index is 3.05. The van der Waals surface area contributed by atoms with Crippen molar-refractivity contribution in [2.24, 2.45) is 11.5 Å². The number of amides is 1. The maximum absolute atomic E-state index is 13.5. The predicted molar refractivity (Wildman–Crippen MR) is 56.8 cm³/mol. The lowest BCUT2D eigenvalue weighted by atomic mass is 10.1. The monoisotopic (exact) mass is 211 g/mol. The van der Waals surface area contributed by atoms with Crippen LogP contribution < -0.4 is 16.4 Å². The second-order valence-electron chi connectivity index (χ2n) is 3.27. The van der Waals surface area contributed by atoms with Gasteiger partial charge in [0.15, 0.2) is 0 Å². The molecule has 0 fully saturated rings. The molecule has 0 unspecified atom stereocenters. The third-order valence-electron chi connectivity index (χ3n) is 2.06. The molecule has 0 radical (unpaired) electrons. The van der Waals surface area contributed by atoms with Crippen LogP contribution in [0.2, 0.25) is 0 Å². The predicted octanol–water partition coefficient (Wildman–Crippen LogP) is 0.206. The Morgan fingerprint density at radius 1 is 1.53 bits per heavy atom. The summed E-state index contributed by atoms with van der Waals surface area (Å²) in [7, 11) is 1.60. The molecule has 1 amide bonds. The van der Waals surface area contributed by atoms with E-state index in [0.29, 0.717) is 11.3 Å². The smallest absolute Gasteiger partial charge is 0.236 e. The molecule has 1 aromatic rings. The van der Waals surface area contributed by atoms with Gasteiger partial charge in [-0.2, -0.15) is 0 Å². The average molecular weight is 211 g/mol. The molecule has 0 aliphatic rings. The summed E-state index contributed by atoms with van der Waals surface area (Å²) in [4.78, 5) is 12.2. The van der Waals surface area contributed by atoms with Crippen LogP contribution in [-0.2, 0) is 11.3 Å². The van der Waals surface area contributed by atoms with Gasteiger partial charge in [-0.1, -0.05) is 12.1 Å². The van der Waals surface area contributed by atoms with Gasteiger partial charge in [-0.25, -0.2) is 4.39 Å². The lowest BCUT2D eigenvalue weighted by Gasteiger charge is -2.20. The normalized spacial score (nSPS) is 10.1. The van der Waals surface area contributed by atoms with Crippen LogP contribution in [0.4, 0.5) is 10.1 Å². The summed E-state index contributed by atoms with van der Waals surface area (Å²) in [5.74, 6) is -0.912. The zero-order chi connectivity index (χ0) is 11.4. The van der Waals surface area contributed by atoms with Gasteiger partial charge in [0.2, 0.25) is 5.91 Å². The molecule has 0 aliphatic heterocycles. The van der Waals surface area contributed by atoms with Crippen molar-refractivity contribution in [3.05, 3.63) is 29.6 Å². The van der Waals surface area contributed by atoms with Crippen LogP contribution in [0, 0.1) is 5.82 Å². The zero-order valence-electron chi connectivity index (χ0n) is 8.53. The van der Waals surface area contributed by atoms with Crippen molar-refractivity contribution in [1.82, 2.24) is 0 Å². The lowest BCUT2D eigenvalue weighted by molar-refractivity contribution is -0.116. The van der Waals surface area contributed by atoms with E-state index in [1.165, 1.54) is 11.0 Å². The van der Waals surface area contributed by atoms with Gasteiger partial charge in [-0.3, -0.25) is 4.79 Å². The number of hydrogen-bond donors (Lipinski definition) is 2. The number of likely N-dealkylation sites (N-methyl/N-ethyl adjacent to an activating group) is 1. The summed E-state index contributed by atoms with van der Waals surface area (Å²) >= 11 is 0. The first kappa shape index (κ1) is 11.5. The molecular formula is C10H14FN3O. The molecule has 1 rings (SSSR count). The molecule has 4 N–H and O–H groups in total. The summed E-state index contributed by atoms with van der Waals surface area (Å²) in [5.41, 5.74) is 11.5. The highest BCUT2D eigenvalue weighted by molar-refractivity contribution is 5.79. The van der Waals surface area contributed by atoms with Gasteiger partial charge in [0.1, 0.15) is 5.82 Å². The second kappa shape index (κ2) is 4.75. The van der Waals surface area contributed by atoms with Crippen molar-refractivity contribution < 1.29 is 9.18 Å². The molecular weight excluding hydrogens is 197 g/mol. The molecule has 0 heterocycles. The molecule has 15 heavy (non-hydrogen) atoms. The number of hydrogen-bond acceptors (Lipinski definition) is 3. The van der Waals surface area contributed by atoms with Gasteiger partial charge < -0.3 is 16.4 Å². The molecule has 82 valence electrons. The fourth-order valence-corrected chi connectivity index (χ4v) is 1.47. The van der Waals surface area contributed by atoms with Gasteiger partial charge in [0.25, 0.3) is 0 Å². The van der Waals surface area contributed by atoms with E-state index in [4.69, 9.17) is 11.5 Å².